The number of aliphatic hydroxyl groups excluding tert-OH is 1. The Balaban J connectivity index is 1.61. The SMILES string of the molecule is O=C(Nc1ncc(CCO)s1)c1ccc(CNc2ccccc2C(F)(F)F)cc1. The molecule has 3 aromatic rings. The molecule has 0 atom stereocenters. The predicted molar refractivity (Wildman–Crippen MR) is 106 cm³/mol. The van der Waals surface area contributed by atoms with Gasteiger partial charge in [-0.15, -0.1) is 11.3 Å². The van der Waals surface area contributed by atoms with Crippen molar-refractivity contribution in [2.24, 2.45) is 0 Å². The van der Waals surface area contributed by atoms with Crippen LogP contribution < -0.4 is 10.6 Å². The Labute approximate surface area is 169 Å². The van der Waals surface area contributed by atoms with Gasteiger partial charge in [-0.1, -0.05) is 24.3 Å². The number of anilines is 2. The number of hydrogen-bond donors (Lipinski definition) is 3. The minimum atomic E-state index is -4.43. The van der Waals surface area contributed by atoms with Gasteiger partial charge in [-0.3, -0.25) is 10.1 Å². The normalized spacial score (nSPS) is 11.3. The van der Waals surface area contributed by atoms with Crippen molar-refractivity contribution >= 4 is 28.1 Å². The number of amides is 1. The van der Waals surface area contributed by atoms with Crippen molar-refractivity contribution in [3.8, 4) is 0 Å². The number of aliphatic hydroxyl groups is 1. The summed E-state index contributed by atoms with van der Waals surface area (Å²) in [6.07, 6.45) is -2.35. The van der Waals surface area contributed by atoms with E-state index in [2.05, 4.69) is 15.6 Å². The fraction of sp³-hybridized carbons (Fsp3) is 0.200. The molecular formula is C20H18F3N3O2S. The van der Waals surface area contributed by atoms with Gasteiger partial charge in [0, 0.05) is 41.9 Å². The Morgan fingerprint density at radius 2 is 1.83 bits per heavy atom. The maximum absolute atomic E-state index is 13.0. The Bertz CT molecular complexity index is 972. The zero-order chi connectivity index (χ0) is 20.9. The number of halogens is 3. The quantitative estimate of drug-likeness (QED) is 0.523. The van der Waals surface area contributed by atoms with Crippen LogP contribution in [-0.4, -0.2) is 22.6 Å². The summed E-state index contributed by atoms with van der Waals surface area (Å²) < 4.78 is 39.1. The number of aromatic nitrogens is 1. The lowest BCUT2D eigenvalue weighted by molar-refractivity contribution is -0.137. The number of benzene rings is 2. The molecule has 152 valence electrons. The summed E-state index contributed by atoms with van der Waals surface area (Å²) in [6.45, 7) is 0.199. The number of carbonyl (C=O) groups is 1. The first-order valence-corrected chi connectivity index (χ1v) is 9.54. The van der Waals surface area contributed by atoms with Crippen molar-refractivity contribution in [3.05, 3.63) is 76.3 Å². The molecule has 0 spiro atoms. The monoisotopic (exact) mass is 421 g/mol. The van der Waals surface area contributed by atoms with Gasteiger partial charge in [0.15, 0.2) is 5.13 Å². The highest BCUT2D eigenvalue weighted by atomic mass is 32.1. The van der Waals surface area contributed by atoms with Crippen LogP contribution >= 0.6 is 11.3 Å². The number of alkyl halides is 3. The number of rotatable bonds is 7. The van der Waals surface area contributed by atoms with Crippen molar-refractivity contribution in [3.63, 3.8) is 0 Å². The van der Waals surface area contributed by atoms with Crippen LogP contribution in [0.2, 0.25) is 0 Å². The molecule has 0 bridgehead atoms. The van der Waals surface area contributed by atoms with Gasteiger partial charge in [0.2, 0.25) is 0 Å². The maximum atomic E-state index is 13.0. The Kier molecular flexibility index (Phi) is 6.50. The standard InChI is InChI=1S/C20H18F3N3O2S/c21-20(22,23)16-3-1-2-4-17(16)24-11-13-5-7-14(8-6-13)18(28)26-19-25-12-15(29-19)9-10-27/h1-8,12,24,27H,9-11H2,(H,25,26,28). The lowest BCUT2D eigenvalue weighted by Crippen LogP contribution is -2.12. The fourth-order valence-electron chi connectivity index (χ4n) is 2.62. The number of para-hydroxylation sites is 1. The van der Waals surface area contributed by atoms with E-state index in [-0.39, 0.29) is 24.7 Å². The average molecular weight is 421 g/mol. The van der Waals surface area contributed by atoms with Crippen LogP contribution in [0.1, 0.15) is 26.4 Å². The first-order chi connectivity index (χ1) is 13.9. The van der Waals surface area contributed by atoms with Gasteiger partial charge in [-0.2, -0.15) is 13.2 Å². The summed E-state index contributed by atoms with van der Waals surface area (Å²) >= 11 is 1.29. The minimum Gasteiger partial charge on any atom is -0.396 e. The van der Waals surface area contributed by atoms with E-state index in [4.69, 9.17) is 5.11 Å². The third kappa shape index (κ3) is 5.55. The number of nitrogens with one attached hydrogen (secondary N) is 2. The number of thiazole rings is 1. The van der Waals surface area contributed by atoms with E-state index in [9.17, 15) is 18.0 Å². The van der Waals surface area contributed by atoms with Crippen LogP contribution in [0, 0.1) is 0 Å². The average Bonchev–Trinajstić information content (AvgIpc) is 3.13. The van der Waals surface area contributed by atoms with E-state index in [0.717, 1.165) is 16.5 Å². The fourth-order valence-corrected chi connectivity index (χ4v) is 3.41. The smallest absolute Gasteiger partial charge is 0.396 e. The van der Waals surface area contributed by atoms with Crippen molar-refractivity contribution in [2.75, 3.05) is 17.2 Å². The Hall–Kier alpha value is -2.91. The van der Waals surface area contributed by atoms with Gasteiger partial charge in [0.05, 0.1) is 5.56 Å². The zero-order valence-electron chi connectivity index (χ0n) is 15.2. The molecule has 9 heteroatoms. The third-order valence-electron chi connectivity index (χ3n) is 4.06. The topological polar surface area (TPSA) is 74.2 Å². The number of nitrogens with zero attached hydrogens (tertiary/aromatic N) is 1. The molecule has 0 saturated heterocycles. The molecule has 0 radical (unpaired) electrons. The van der Waals surface area contributed by atoms with Crippen LogP contribution in [-0.2, 0) is 19.1 Å². The first kappa shape index (κ1) is 20.8. The summed E-state index contributed by atoms with van der Waals surface area (Å²) in [5.41, 5.74) is 0.422. The highest BCUT2D eigenvalue weighted by Crippen LogP contribution is 2.34. The van der Waals surface area contributed by atoms with Crippen LogP contribution in [0.15, 0.2) is 54.7 Å². The van der Waals surface area contributed by atoms with Crippen LogP contribution in [0.25, 0.3) is 0 Å². The summed E-state index contributed by atoms with van der Waals surface area (Å²) in [6, 6.07) is 11.8. The lowest BCUT2D eigenvalue weighted by atomic mass is 10.1. The van der Waals surface area contributed by atoms with E-state index < -0.39 is 11.7 Å². The molecule has 0 saturated carbocycles. The first-order valence-electron chi connectivity index (χ1n) is 8.73. The van der Waals surface area contributed by atoms with E-state index in [1.54, 1.807) is 30.5 Å². The van der Waals surface area contributed by atoms with Crippen molar-refractivity contribution < 1.29 is 23.1 Å². The second-order valence-electron chi connectivity index (χ2n) is 6.15. The molecule has 29 heavy (non-hydrogen) atoms. The molecule has 0 aliphatic rings. The van der Waals surface area contributed by atoms with Gasteiger partial charge in [0.25, 0.3) is 5.91 Å². The molecule has 3 rings (SSSR count). The molecular weight excluding hydrogens is 403 g/mol. The van der Waals surface area contributed by atoms with Gasteiger partial charge < -0.3 is 10.4 Å². The Morgan fingerprint density at radius 3 is 2.52 bits per heavy atom. The van der Waals surface area contributed by atoms with Gasteiger partial charge in [-0.25, -0.2) is 4.98 Å². The van der Waals surface area contributed by atoms with Crippen molar-refractivity contribution in [1.29, 1.82) is 0 Å². The minimum absolute atomic E-state index is 0.00396. The zero-order valence-corrected chi connectivity index (χ0v) is 16.0. The highest BCUT2D eigenvalue weighted by molar-refractivity contribution is 7.15. The van der Waals surface area contributed by atoms with E-state index >= 15 is 0 Å². The molecule has 1 amide bonds. The molecule has 0 aliphatic heterocycles. The third-order valence-corrected chi connectivity index (χ3v) is 5.04. The second-order valence-corrected chi connectivity index (χ2v) is 7.27. The van der Waals surface area contributed by atoms with E-state index in [1.807, 2.05) is 0 Å². The molecule has 3 N–H and O–H groups in total. The molecule has 0 aliphatic carbocycles. The molecule has 5 nitrogen and oxygen atoms in total. The predicted octanol–water partition coefficient (Wildman–Crippen LogP) is 4.56. The molecule has 0 fully saturated rings. The maximum Gasteiger partial charge on any atom is 0.418 e. The molecule has 0 unspecified atom stereocenters. The molecule has 1 heterocycles. The van der Waals surface area contributed by atoms with E-state index in [0.29, 0.717) is 17.1 Å². The van der Waals surface area contributed by atoms with Gasteiger partial charge >= 0.3 is 6.18 Å². The van der Waals surface area contributed by atoms with Crippen molar-refractivity contribution in [1.82, 2.24) is 4.98 Å². The van der Waals surface area contributed by atoms with Crippen LogP contribution in [0.5, 0.6) is 0 Å². The lowest BCUT2D eigenvalue weighted by Gasteiger charge is -2.14. The second kappa shape index (κ2) is 9.06. The van der Waals surface area contributed by atoms with Crippen LogP contribution in [0.4, 0.5) is 24.0 Å². The van der Waals surface area contributed by atoms with Crippen molar-refractivity contribution in [2.45, 2.75) is 19.1 Å². The molecule has 1 aromatic heterocycles. The molecule has 2 aromatic carbocycles. The van der Waals surface area contributed by atoms with Crippen LogP contribution in [0.3, 0.4) is 0 Å². The summed E-state index contributed by atoms with van der Waals surface area (Å²) in [5.74, 6) is -0.336. The number of hydrogen-bond acceptors (Lipinski definition) is 5. The largest absolute Gasteiger partial charge is 0.418 e. The van der Waals surface area contributed by atoms with Gasteiger partial charge in [-0.05, 0) is 29.8 Å². The highest BCUT2D eigenvalue weighted by Gasteiger charge is 2.33. The Morgan fingerprint density at radius 1 is 1.10 bits per heavy atom. The number of carbonyl (C=O) groups excluding carboxylic acids is 1. The van der Waals surface area contributed by atoms with E-state index in [1.165, 1.54) is 29.5 Å². The summed E-state index contributed by atoms with van der Waals surface area (Å²) in [4.78, 5) is 17.2. The van der Waals surface area contributed by atoms with Gasteiger partial charge in [0.1, 0.15) is 0 Å². The summed E-state index contributed by atoms with van der Waals surface area (Å²) in [5, 5.41) is 14.8. The summed E-state index contributed by atoms with van der Waals surface area (Å²) in [7, 11) is 0.